The third kappa shape index (κ3) is 3.33. The van der Waals surface area contributed by atoms with Crippen LogP contribution in [0.25, 0.3) is 0 Å². The first-order valence-electron chi connectivity index (χ1n) is 10.8. The molecule has 5 nitrogen and oxygen atoms in total. The Bertz CT molecular complexity index is 760. The number of carbonyl (C=O) groups excluding carboxylic acids is 1. The molecule has 0 aromatic heterocycles. The van der Waals surface area contributed by atoms with Crippen LogP contribution in [0.2, 0.25) is 0 Å². The van der Waals surface area contributed by atoms with Gasteiger partial charge in [-0.1, -0.05) is 24.3 Å². The number of hydrogen-bond donors (Lipinski definition) is 1. The van der Waals surface area contributed by atoms with Gasteiger partial charge in [-0.05, 0) is 63.5 Å². The first kappa shape index (κ1) is 18.4. The van der Waals surface area contributed by atoms with Crippen molar-refractivity contribution in [1.82, 2.24) is 9.80 Å². The van der Waals surface area contributed by atoms with Crippen molar-refractivity contribution < 1.29 is 9.53 Å². The van der Waals surface area contributed by atoms with Gasteiger partial charge in [0.1, 0.15) is 5.60 Å². The number of rotatable bonds is 4. The highest BCUT2D eigenvalue weighted by molar-refractivity contribution is 5.69. The molecule has 5 heteroatoms. The quantitative estimate of drug-likeness (QED) is 0.862. The maximum atomic E-state index is 12.2. The van der Waals surface area contributed by atoms with E-state index >= 15 is 0 Å². The summed E-state index contributed by atoms with van der Waals surface area (Å²) in [4.78, 5) is 16.7. The fraction of sp³-hybridized carbons (Fsp3) is 0.696. The van der Waals surface area contributed by atoms with Crippen LogP contribution in [-0.2, 0) is 10.3 Å². The Balaban J connectivity index is 1.20. The third-order valence-corrected chi connectivity index (χ3v) is 6.86. The molecule has 1 amide bonds. The Kier molecular flexibility index (Phi) is 3.92. The van der Waals surface area contributed by atoms with Gasteiger partial charge in [-0.2, -0.15) is 0 Å². The average molecular weight is 384 g/mol. The molecule has 4 aliphatic rings. The van der Waals surface area contributed by atoms with Crippen LogP contribution in [0.4, 0.5) is 4.79 Å². The predicted octanol–water partition coefficient (Wildman–Crippen LogP) is 3.64. The minimum Gasteiger partial charge on any atom is -0.444 e. The van der Waals surface area contributed by atoms with Crippen molar-refractivity contribution in [2.75, 3.05) is 26.2 Å². The standard InChI is InChI=1S/C23H33N3O2/c1-21(2,3)28-20(27)26-14-22(15-26)12-25(13-22)19(16-4-5-16)17-6-8-18(9-7-17)23(24)10-11-23/h6-9,16,19H,4-5,10-15,24H2,1-3H3. The lowest BCUT2D eigenvalue weighted by atomic mass is 9.71. The van der Waals surface area contributed by atoms with Gasteiger partial charge in [-0.3, -0.25) is 4.90 Å². The molecule has 4 fully saturated rings. The van der Waals surface area contributed by atoms with Crippen molar-refractivity contribution in [3.05, 3.63) is 35.4 Å². The number of benzene rings is 1. The third-order valence-electron chi connectivity index (χ3n) is 6.86. The molecule has 0 bridgehead atoms. The molecular formula is C23H33N3O2. The molecule has 2 aliphatic heterocycles. The van der Waals surface area contributed by atoms with E-state index in [2.05, 4.69) is 29.2 Å². The highest BCUT2D eigenvalue weighted by Gasteiger charge is 2.56. The summed E-state index contributed by atoms with van der Waals surface area (Å²) in [6.45, 7) is 9.63. The van der Waals surface area contributed by atoms with Gasteiger partial charge in [0.15, 0.2) is 0 Å². The van der Waals surface area contributed by atoms with Crippen molar-refractivity contribution in [2.45, 2.75) is 63.6 Å². The normalized spacial score (nSPS) is 26.4. The van der Waals surface area contributed by atoms with Crippen molar-refractivity contribution in [3.8, 4) is 0 Å². The molecule has 2 heterocycles. The number of amides is 1. The van der Waals surface area contributed by atoms with Crippen LogP contribution in [0.5, 0.6) is 0 Å². The summed E-state index contributed by atoms with van der Waals surface area (Å²) in [5.41, 5.74) is 8.90. The van der Waals surface area contributed by atoms with Crippen LogP contribution in [0, 0.1) is 11.3 Å². The zero-order chi connectivity index (χ0) is 19.7. The maximum Gasteiger partial charge on any atom is 0.410 e. The molecule has 2 saturated heterocycles. The number of carbonyl (C=O) groups is 1. The molecule has 5 rings (SSSR count). The Morgan fingerprint density at radius 3 is 2.21 bits per heavy atom. The van der Waals surface area contributed by atoms with Gasteiger partial charge in [-0.15, -0.1) is 0 Å². The fourth-order valence-corrected chi connectivity index (χ4v) is 5.06. The van der Waals surface area contributed by atoms with Crippen molar-refractivity contribution in [1.29, 1.82) is 0 Å². The van der Waals surface area contributed by atoms with Gasteiger partial charge >= 0.3 is 6.09 Å². The van der Waals surface area contributed by atoms with E-state index in [1.807, 2.05) is 25.7 Å². The SMILES string of the molecule is CC(C)(C)OC(=O)N1CC2(C1)CN(C(c1ccc(C3(N)CC3)cc1)C1CC1)C2. The zero-order valence-corrected chi connectivity index (χ0v) is 17.4. The summed E-state index contributed by atoms with van der Waals surface area (Å²) in [5, 5.41) is 0. The van der Waals surface area contributed by atoms with E-state index in [4.69, 9.17) is 10.5 Å². The molecule has 0 radical (unpaired) electrons. The summed E-state index contributed by atoms with van der Waals surface area (Å²) in [5.74, 6) is 0.790. The van der Waals surface area contributed by atoms with Crippen LogP contribution in [0.15, 0.2) is 24.3 Å². The number of nitrogens with zero attached hydrogens (tertiary/aromatic N) is 2. The van der Waals surface area contributed by atoms with E-state index in [-0.39, 0.29) is 11.6 Å². The first-order valence-corrected chi connectivity index (χ1v) is 10.8. The van der Waals surface area contributed by atoms with E-state index < -0.39 is 5.60 Å². The molecule has 1 spiro atoms. The van der Waals surface area contributed by atoms with E-state index in [1.54, 1.807) is 0 Å². The lowest BCUT2D eigenvalue weighted by Gasteiger charge is -2.61. The van der Waals surface area contributed by atoms with Gasteiger partial charge < -0.3 is 15.4 Å². The van der Waals surface area contributed by atoms with Crippen LogP contribution in [0.3, 0.4) is 0 Å². The molecule has 2 saturated carbocycles. The van der Waals surface area contributed by atoms with Gasteiger partial charge in [-0.25, -0.2) is 4.79 Å². The van der Waals surface area contributed by atoms with Gasteiger partial charge in [0.2, 0.25) is 0 Å². The number of ether oxygens (including phenoxy) is 1. The molecule has 1 unspecified atom stereocenters. The number of likely N-dealkylation sites (tertiary alicyclic amines) is 2. The van der Waals surface area contributed by atoms with E-state index in [9.17, 15) is 4.79 Å². The average Bonchev–Trinajstić information content (AvgIpc) is 3.44. The molecule has 1 atom stereocenters. The monoisotopic (exact) mass is 383 g/mol. The highest BCUT2D eigenvalue weighted by Crippen LogP contribution is 2.52. The van der Waals surface area contributed by atoms with Crippen molar-refractivity contribution in [3.63, 3.8) is 0 Å². The largest absolute Gasteiger partial charge is 0.444 e. The van der Waals surface area contributed by atoms with Crippen LogP contribution >= 0.6 is 0 Å². The lowest BCUT2D eigenvalue weighted by molar-refractivity contribution is -0.130. The molecule has 28 heavy (non-hydrogen) atoms. The molecule has 1 aromatic carbocycles. The summed E-state index contributed by atoms with van der Waals surface area (Å²) in [6.07, 6.45) is 4.73. The van der Waals surface area contributed by atoms with Crippen molar-refractivity contribution >= 4 is 6.09 Å². The second kappa shape index (κ2) is 5.96. The second-order valence-electron chi connectivity index (χ2n) is 10.8. The minimum atomic E-state index is -0.419. The number of hydrogen-bond acceptors (Lipinski definition) is 4. The second-order valence-corrected chi connectivity index (χ2v) is 10.8. The van der Waals surface area contributed by atoms with Crippen molar-refractivity contribution in [2.24, 2.45) is 17.1 Å². The summed E-state index contributed by atoms with van der Waals surface area (Å²) in [6, 6.07) is 9.65. The Labute approximate surface area is 168 Å². The summed E-state index contributed by atoms with van der Waals surface area (Å²) >= 11 is 0. The smallest absolute Gasteiger partial charge is 0.410 e. The minimum absolute atomic E-state index is 0.0501. The van der Waals surface area contributed by atoms with Crippen LogP contribution < -0.4 is 5.73 Å². The molecule has 2 aliphatic carbocycles. The summed E-state index contributed by atoms with van der Waals surface area (Å²) in [7, 11) is 0. The topological polar surface area (TPSA) is 58.8 Å². The van der Waals surface area contributed by atoms with E-state index in [0.717, 1.165) is 44.9 Å². The predicted molar refractivity (Wildman–Crippen MR) is 109 cm³/mol. The van der Waals surface area contributed by atoms with E-state index in [1.165, 1.54) is 24.0 Å². The molecule has 152 valence electrons. The van der Waals surface area contributed by atoms with Crippen LogP contribution in [-0.4, -0.2) is 47.7 Å². The highest BCUT2D eigenvalue weighted by atomic mass is 16.6. The Morgan fingerprint density at radius 2 is 1.71 bits per heavy atom. The van der Waals surface area contributed by atoms with Gasteiger partial charge in [0.05, 0.1) is 0 Å². The fourth-order valence-electron chi connectivity index (χ4n) is 5.06. The molecule has 2 N–H and O–H groups in total. The lowest BCUT2D eigenvalue weighted by Crippen LogP contribution is -2.73. The van der Waals surface area contributed by atoms with Gasteiger partial charge in [0.25, 0.3) is 0 Å². The first-order chi connectivity index (χ1) is 13.2. The van der Waals surface area contributed by atoms with E-state index in [0.29, 0.717) is 11.5 Å². The van der Waals surface area contributed by atoms with Gasteiger partial charge in [0, 0.05) is 43.2 Å². The Hall–Kier alpha value is -1.59. The summed E-state index contributed by atoms with van der Waals surface area (Å²) < 4.78 is 5.50. The van der Waals surface area contributed by atoms with Crippen LogP contribution in [0.1, 0.15) is 63.6 Å². The zero-order valence-electron chi connectivity index (χ0n) is 17.4. The molecule has 1 aromatic rings. The maximum absolute atomic E-state index is 12.2. The Morgan fingerprint density at radius 1 is 1.11 bits per heavy atom. The number of nitrogens with two attached hydrogens (primary N) is 1. The molecular weight excluding hydrogens is 350 g/mol.